The van der Waals surface area contributed by atoms with Crippen molar-refractivity contribution in [2.24, 2.45) is 0 Å². The van der Waals surface area contributed by atoms with Crippen LogP contribution in [0, 0.1) is 5.82 Å². The zero-order chi connectivity index (χ0) is 17.3. The summed E-state index contributed by atoms with van der Waals surface area (Å²) in [6.07, 6.45) is 0. The normalized spacial score (nSPS) is 10.6. The number of H-pyrrole nitrogens is 1. The minimum atomic E-state index is -0.580. The molecule has 0 saturated heterocycles. The summed E-state index contributed by atoms with van der Waals surface area (Å²) in [4.78, 5) is 26.4. The van der Waals surface area contributed by atoms with E-state index >= 15 is 0 Å². The predicted molar refractivity (Wildman–Crippen MR) is 92.0 cm³/mol. The minimum absolute atomic E-state index is 0.00345. The van der Waals surface area contributed by atoms with E-state index in [1.165, 1.54) is 25.1 Å². The number of aromatic nitrogens is 1. The Morgan fingerprint density at radius 2 is 1.88 bits per heavy atom. The smallest absolute Gasteiger partial charge is 0.272 e. The highest BCUT2D eigenvalue weighted by Crippen LogP contribution is 2.22. The van der Waals surface area contributed by atoms with Crippen molar-refractivity contribution in [1.29, 1.82) is 0 Å². The van der Waals surface area contributed by atoms with Crippen LogP contribution < -0.4 is 10.6 Å². The third-order valence-electron chi connectivity index (χ3n) is 3.36. The third-order valence-corrected chi connectivity index (χ3v) is 3.60. The van der Waals surface area contributed by atoms with Gasteiger partial charge >= 0.3 is 0 Å². The van der Waals surface area contributed by atoms with Crippen molar-refractivity contribution in [3.8, 4) is 0 Å². The van der Waals surface area contributed by atoms with Crippen LogP contribution >= 0.6 is 11.6 Å². The predicted octanol–water partition coefficient (Wildman–Crippen LogP) is 4.17. The van der Waals surface area contributed by atoms with Gasteiger partial charge in [-0.3, -0.25) is 9.59 Å². The van der Waals surface area contributed by atoms with Gasteiger partial charge in [-0.15, -0.1) is 0 Å². The maximum absolute atomic E-state index is 13.6. The fourth-order valence-electron chi connectivity index (χ4n) is 2.31. The first kappa shape index (κ1) is 16.0. The van der Waals surface area contributed by atoms with E-state index in [4.69, 9.17) is 11.6 Å². The maximum Gasteiger partial charge on any atom is 0.272 e. The first-order valence-corrected chi connectivity index (χ1v) is 7.47. The van der Waals surface area contributed by atoms with Gasteiger partial charge in [0.15, 0.2) is 0 Å². The van der Waals surface area contributed by atoms with Gasteiger partial charge in [0.2, 0.25) is 5.91 Å². The van der Waals surface area contributed by atoms with Crippen LogP contribution in [0.3, 0.4) is 0 Å². The van der Waals surface area contributed by atoms with Gasteiger partial charge < -0.3 is 15.6 Å². The van der Waals surface area contributed by atoms with Crippen molar-refractivity contribution in [3.05, 3.63) is 59.0 Å². The number of hydrogen-bond acceptors (Lipinski definition) is 2. The molecule has 0 aliphatic rings. The average molecular weight is 346 g/mol. The monoisotopic (exact) mass is 345 g/mol. The fraction of sp³-hybridized carbons (Fsp3) is 0.0588. The van der Waals surface area contributed by atoms with Crippen LogP contribution in [0.4, 0.5) is 15.8 Å². The van der Waals surface area contributed by atoms with Crippen molar-refractivity contribution in [2.75, 3.05) is 10.6 Å². The van der Waals surface area contributed by atoms with E-state index in [9.17, 15) is 14.0 Å². The highest BCUT2D eigenvalue weighted by atomic mass is 35.5. The molecule has 7 heteroatoms. The van der Waals surface area contributed by atoms with Crippen LogP contribution in [0.5, 0.6) is 0 Å². The lowest BCUT2D eigenvalue weighted by Gasteiger charge is -2.08. The van der Waals surface area contributed by atoms with Gasteiger partial charge in [0.25, 0.3) is 5.91 Å². The lowest BCUT2D eigenvalue weighted by molar-refractivity contribution is -0.114. The molecule has 0 unspecified atom stereocenters. The Hall–Kier alpha value is -2.86. The zero-order valence-electron chi connectivity index (χ0n) is 12.6. The molecular weight excluding hydrogens is 333 g/mol. The van der Waals surface area contributed by atoms with Gasteiger partial charge in [-0.25, -0.2) is 4.39 Å². The van der Waals surface area contributed by atoms with Gasteiger partial charge in [-0.1, -0.05) is 11.6 Å². The second kappa shape index (κ2) is 6.33. The lowest BCUT2D eigenvalue weighted by atomic mass is 10.2. The van der Waals surface area contributed by atoms with E-state index in [0.717, 1.165) is 10.9 Å². The van der Waals surface area contributed by atoms with Crippen LogP contribution in [-0.2, 0) is 4.79 Å². The number of fused-ring (bicyclic) bond motifs is 1. The van der Waals surface area contributed by atoms with Crippen molar-refractivity contribution in [1.82, 2.24) is 4.98 Å². The standard InChI is InChI=1S/C17H13ClFN3O2/c1-9(23)20-15-8-12(3-4-13(15)19)21-17(24)16-7-10-6-11(18)2-5-14(10)22-16/h2-8,22H,1H3,(H,20,23)(H,21,24). The SMILES string of the molecule is CC(=O)Nc1cc(NC(=O)c2cc3cc(Cl)ccc3[nH]2)ccc1F. The second-order valence-electron chi connectivity index (χ2n) is 5.24. The molecule has 0 aliphatic heterocycles. The Labute approximate surface area is 141 Å². The molecule has 0 fully saturated rings. The summed E-state index contributed by atoms with van der Waals surface area (Å²) >= 11 is 5.93. The molecule has 0 atom stereocenters. The Balaban J connectivity index is 1.84. The van der Waals surface area contributed by atoms with E-state index in [1.54, 1.807) is 24.3 Å². The molecular formula is C17H13ClFN3O2. The van der Waals surface area contributed by atoms with Crippen molar-refractivity contribution >= 4 is 45.7 Å². The molecule has 3 N–H and O–H groups in total. The Morgan fingerprint density at radius 3 is 2.62 bits per heavy atom. The van der Waals surface area contributed by atoms with Crippen molar-refractivity contribution in [2.45, 2.75) is 6.92 Å². The number of aromatic amines is 1. The van der Waals surface area contributed by atoms with Crippen molar-refractivity contribution in [3.63, 3.8) is 0 Å². The molecule has 3 rings (SSSR count). The number of carbonyl (C=O) groups excluding carboxylic acids is 2. The summed E-state index contributed by atoms with van der Waals surface area (Å²) in [6, 6.07) is 10.9. The molecule has 0 saturated carbocycles. The highest BCUT2D eigenvalue weighted by Gasteiger charge is 2.12. The minimum Gasteiger partial charge on any atom is -0.351 e. The molecule has 24 heavy (non-hydrogen) atoms. The van der Waals surface area contributed by atoms with Gasteiger partial charge in [0.1, 0.15) is 11.5 Å². The number of benzene rings is 2. The van der Waals surface area contributed by atoms with Crippen LogP contribution in [0.15, 0.2) is 42.5 Å². The molecule has 122 valence electrons. The molecule has 5 nitrogen and oxygen atoms in total. The topological polar surface area (TPSA) is 74.0 Å². The zero-order valence-corrected chi connectivity index (χ0v) is 13.4. The number of carbonyl (C=O) groups is 2. The average Bonchev–Trinajstić information content (AvgIpc) is 2.93. The van der Waals surface area contributed by atoms with Crippen LogP contribution in [0.1, 0.15) is 17.4 Å². The summed E-state index contributed by atoms with van der Waals surface area (Å²) < 4.78 is 13.6. The van der Waals surface area contributed by atoms with Gasteiger partial charge in [-0.2, -0.15) is 0 Å². The summed E-state index contributed by atoms with van der Waals surface area (Å²) in [5.41, 5.74) is 1.49. The van der Waals surface area contributed by atoms with E-state index in [0.29, 0.717) is 16.4 Å². The molecule has 1 aromatic heterocycles. The third kappa shape index (κ3) is 3.38. The van der Waals surface area contributed by atoms with E-state index < -0.39 is 11.7 Å². The first-order valence-electron chi connectivity index (χ1n) is 7.09. The molecule has 0 aliphatic carbocycles. The van der Waals surface area contributed by atoms with Gasteiger partial charge in [-0.05, 0) is 42.5 Å². The van der Waals surface area contributed by atoms with Gasteiger partial charge in [0, 0.05) is 28.5 Å². The number of nitrogens with one attached hydrogen (secondary N) is 3. The van der Waals surface area contributed by atoms with Crippen molar-refractivity contribution < 1.29 is 14.0 Å². The Kier molecular flexibility index (Phi) is 4.22. The summed E-state index contributed by atoms with van der Waals surface area (Å²) in [7, 11) is 0. The van der Waals surface area contributed by atoms with E-state index in [-0.39, 0.29) is 11.6 Å². The molecule has 0 spiro atoms. The molecule has 2 amide bonds. The Morgan fingerprint density at radius 1 is 1.08 bits per heavy atom. The fourth-order valence-corrected chi connectivity index (χ4v) is 2.49. The maximum atomic E-state index is 13.6. The quantitative estimate of drug-likeness (QED) is 0.666. The number of anilines is 2. The van der Waals surface area contributed by atoms with Crippen LogP contribution in [0.2, 0.25) is 5.02 Å². The lowest BCUT2D eigenvalue weighted by Crippen LogP contribution is -2.13. The number of halogens is 2. The number of amides is 2. The molecule has 0 radical (unpaired) electrons. The van der Waals surface area contributed by atoms with E-state index in [2.05, 4.69) is 15.6 Å². The Bertz CT molecular complexity index is 952. The van der Waals surface area contributed by atoms with Gasteiger partial charge in [0.05, 0.1) is 5.69 Å². The molecule has 3 aromatic rings. The van der Waals surface area contributed by atoms with Crippen LogP contribution in [-0.4, -0.2) is 16.8 Å². The van der Waals surface area contributed by atoms with Crippen LogP contribution in [0.25, 0.3) is 10.9 Å². The second-order valence-corrected chi connectivity index (χ2v) is 5.68. The first-order chi connectivity index (χ1) is 11.4. The number of hydrogen-bond donors (Lipinski definition) is 3. The largest absolute Gasteiger partial charge is 0.351 e. The highest BCUT2D eigenvalue weighted by molar-refractivity contribution is 6.31. The number of rotatable bonds is 3. The molecule has 1 heterocycles. The summed E-state index contributed by atoms with van der Waals surface area (Å²) in [5, 5.41) is 6.41. The molecule has 2 aromatic carbocycles. The van der Waals surface area contributed by atoms with E-state index in [1.807, 2.05) is 0 Å². The summed E-state index contributed by atoms with van der Waals surface area (Å²) in [6.45, 7) is 1.28. The summed E-state index contributed by atoms with van der Waals surface area (Å²) in [5.74, 6) is -1.36. The molecule has 0 bridgehead atoms.